The topological polar surface area (TPSA) is 25.8 Å². The van der Waals surface area contributed by atoms with E-state index in [-0.39, 0.29) is 5.38 Å². The molecule has 0 saturated heterocycles. The summed E-state index contributed by atoms with van der Waals surface area (Å²) in [7, 11) is 0. The maximum atomic E-state index is 6.22. The number of aryl methyl sites for hydroxylation is 1. The number of halogens is 1. The number of rotatable bonds is 5. The minimum atomic E-state index is 0.161. The van der Waals surface area contributed by atoms with Crippen molar-refractivity contribution in [2.24, 2.45) is 0 Å². The van der Waals surface area contributed by atoms with E-state index in [2.05, 4.69) is 36.8 Å². The highest BCUT2D eigenvalue weighted by molar-refractivity contribution is 6.21. The molecule has 2 unspecified atom stereocenters. The van der Waals surface area contributed by atoms with E-state index >= 15 is 0 Å². The molecule has 0 fully saturated rings. The average Bonchev–Trinajstić information content (AvgIpc) is 2.28. The number of hydrogen-bond acceptors (Lipinski definition) is 2. The van der Waals surface area contributed by atoms with Crippen molar-refractivity contribution in [3.63, 3.8) is 0 Å². The molecule has 1 aromatic rings. The molecule has 0 aliphatic rings. The molecule has 3 heteroatoms. The molecule has 0 spiro atoms. The highest BCUT2D eigenvalue weighted by atomic mass is 35.5. The van der Waals surface area contributed by atoms with Crippen LogP contribution in [-0.2, 0) is 6.42 Å². The van der Waals surface area contributed by atoms with Crippen molar-refractivity contribution in [1.82, 2.24) is 9.97 Å². The molecule has 15 heavy (non-hydrogen) atoms. The molecule has 0 N–H and O–H groups in total. The highest BCUT2D eigenvalue weighted by Gasteiger charge is 2.16. The Morgan fingerprint density at radius 1 is 1.33 bits per heavy atom. The Hall–Kier alpha value is -0.630. The van der Waals surface area contributed by atoms with Crippen LogP contribution in [0, 0.1) is 0 Å². The smallest absolute Gasteiger partial charge is 0.115 e. The lowest BCUT2D eigenvalue weighted by molar-refractivity contribution is 0.651. The molecule has 2 atom stereocenters. The van der Waals surface area contributed by atoms with E-state index in [1.165, 1.54) is 0 Å². The van der Waals surface area contributed by atoms with Gasteiger partial charge < -0.3 is 0 Å². The van der Waals surface area contributed by atoms with Crippen molar-refractivity contribution in [3.8, 4) is 0 Å². The van der Waals surface area contributed by atoms with E-state index in [4.69, 9.17) is 11.6 Å². The Labute approximate surface area is 97.1 Å². The molecule has 0 bridgehead atoms. The molecule has 1 heterocycles. The van der Waals surface area contributed by atoms with Gasteiger partial charge in [-0.3, -0.25) is 0 Å². The maximum absolute atomic E-state index is 6.22. The quantitative estimate of drug-likeness (QED) is 0.718. The van der Waals surface area contributed by atoms with Gasteiger partial charge in [-0.05, 0) is 18.9 Å². The normalized spacial score (nSPS) is 14.9. The van der Waals surface area contributed by atoms with Crippen LogP contribution in [0.15, 0.2) is 12.4 Å². The minimum absolute atomic E-state index is 0.161. The third-order valence-corrected chi connectivity index (χ3v) is 3.34. The number of alkyl halides is 1. The van der Waals surface area contributed by atoms with E-state index in [1.807, 2.05) is 0 Å². The van der Waals surface area contributed by atoms with Gasteiger partial charge in [0.2, 0.25) is 0 Å². The van der Waals surface area contributed by atoms with E-state index < -0.39 is 0 Å². The first-order chi connectivity index (χ1) is 7.19. The number of nitrogens with zero attached hydrogens (tertiary/aromatic N) is 2. The summed E-state index contributed by atoms with van der Waals surface area (Å²) in [6, 6.07) is 2.08. The molecule has 0 radical (unpaired) electrons. The van der Waals surface area contributed by atoms with Gasteiger partial charge in [-0.15, -0.1) is 11.6 Å². The molecule has 1 rings (SSSR count). The molecule has 1 aromatic heterocycles. The van der Waals surface area contributed by atoms with Gasteiger partial charge in [0.25, 0.3) is 0 Å². The van der Waals surface area contributed by atoms with Crippen LogP contribution in [0.25, 0.3) is 0 Å². The van der Waals surface area contributed by atoms with Crippen LogP contribution in [-0.4, -0.2) is 15.3 Å². The van der Waals surface area contributed by atoms with Gasteiger partial charge in [0.05, 0.1) is 0 Å². The van der Waals surface area contributed by atoms with Crippen LogP contribution < -0.4 is 0 Å². The second-order valence-corrected chi connectivity index (χ2v) is 4.46. The summed E-state index contributed by atoms with van der Waals surface area (Å²) in [6.45, 7) is 6.38. The molecular weight excluding hydrogens is 208 g/mol. The summed E-state index contributed by atoms with van der Waals surface area (Å²) in [5, 5.41) is 0.161. The lowest BCUT2D eigenvalue weighted by Crippen LogP contribution is -2.10. The van der Waals surface area contributed by atoms with Gasteiger partial charge >= 0.3 is 0 Å². The molecule has 0 aliphatic carbocycles. The molecule has 0 amide bonds. The molecule has 0 aliphatic heterocycles. The summed E-state index contributed by atoms with van der Waals surface area (Å²) in [5.41, 5.74) is 2.18. The van der Waals surface area contributed by atoms with Gasteiger partial charge in [-0.1, -0.05) is 27.2 Å². The van der Waals surface area contributed by atoms with E-state index in [1.54, 1.807) is 6.33 Å². The maximum Gasteiger partial charge on any atom is 0.115 e. The molecule has 2 nitrogen and oxygen atoms in total. The molecule has 0 aromatic carbocycles. The Balaban J connectivity index is 2.80. The lowest BCUT2D eigenvalue weighted by Gasteiger charge is -2.15. The van der Waals surface area contributed by atoms with Crippen molar-refractivity contribution < 1.29 is 0 Å². The first kappa shape index (κ1) is 12.4. The standard InChI is InChI=1S/C12H19ClN2/c1-4-6-10-7-12(15-8-14-10)9(3)11(13)5-2/h7-9,11H,4-6H2,1-3H3. The zero-order chi connectivity index (χ0) is 11.3. The Bertz CT molecular complexity index is 301. The summed E-state index contributed by atoms with van der Waals surface area (Å²) in [6.07, 6.45) is 4.75. The Kier molecular flexibility index (Phi) is 5.03. The van der Waals surface area contributed by atoms with Crippen LogP contribution in [0.3, 0.4) is 0 Å². The second kappa shape index (κ2) is 6.06. The predicted octanol–water partition coefficient (Wildman–Crippen LogP) is 3.55. The van der Waals surface area contributed by atoms with Crippen molar-refractivity contribution in [3.05, 3.63) is 23.8 Å². The minimum Gasteiger partial charge on any atom is -0.241 e. The fourth-order valence-electron chi connectivity index (χ4n) is 1.60. The van der Waals surface area contributed by atoms with Gasteiger partial charge in [-0.2, -0.15) is 0 Å². The lowest BCUT2D eigenvalue weighted by atomic mass is 10.0. The predicted molar refractivity (Wildman–Crippen MR) is 64.4 cm³/mol. The summed E-state index contributed by atoms with van der Waals surface area (Å²) >= 11 is 6.22. The van der Waals surface area contributed by atoms with Crippen LogP contribution in [0.5, 0.6) is 0 Å². The monoisotopic (exact) mass is 226 g/mol. The summed E-state index contributed by atoms with van der Waals surface area (Å²) in [5.74, 6) is 0.301. The van der Waals surface area contributed by atoms with Gasteiger partial charge in [0, 0.05) is 22.7 Å². The average molecular weight is 227 g/mol. The second-order valence-electron chi connectivity index (χ2n) is 3.90. The summed E-state index contributed by atoms with van der Waals surface area (Å²) in [4.78, 5) is 8.54. The van der Waals surface area contributed by atoms with Crippen molar-refractivity contribution >= 4 is 11.6 Å². The summed E-state index contributed by atoms with van der Waals surface area (Å²) < 4.78 is 0. The van der Waals surface area contributed by atoms with Crippen molar-refractivity contribution in [2.45, 2.75) is 51.3 Å². The molecular formula is C12H19ClN2. The van der Waals surface area contributed by atoms with E-state index in [9.17, 15) is 0 Å². The van der Waals surface area contributed by atoms with Crippen molar-refractivity contribution in [1.29, 1.82) is 0 Å². The Morgan fingerprint density at radius 3 is 2.67 bits per heavy atom. The fourth-order valence-corrected chi connectivity index (χ4v) is 1.72. The zero-order valence-corrected chi connectivity index (χ0v) is 10.5. The van der Waals surface area contributed by atoms with E-state index in [0.29, 0.717) is 5.92 Å². The first-order valence-corrected chi connectivity index (χ1v) is 6.07. The fraction of sp³-hybridized carbons (Fsp3) is 0.667. The third-order valence-electron chi connectivity index (χ3n) is 2.65. The number of aromatic nitrogens is 2. The van der Waals surface area contributed by atoms with Crippen LogP contribution in [0.1, 0.15) is 50.9 Å². The van der Waals surface area contributed by atoms with Crippen LogP contribution >= 0.6 is 11.6 Å². The highest BCUT2D eigenvalue weighted by Crippen LogP contribution is 2.23. The zero-order valence-electron chi connectivity index (χ0n) is 9.70. The van der Waals surface area contributed by atoms with E-state index in [0.717, 1.165) is 30.7 Å². The van der Waals surface area contributed by atoms with Gasteiger partial charge in [0.1, 0.15) is 6.33 Å². The first-order valence-electron chi connectivity index (χ1n) is 5.63. The number of hydrogen-bond donors (Lipinski definition) is 0. The van der Waals surface area contributed by atoms with Gasteiger partial charge in [-0.25, -0.2) is 9.97 Å². The third kappa shape index (κ3) is 3.45. The van der Waals surface area contributed by atoms with Crippen LogP contribution in [0.4, 0.5) is 0 Å². The Morgan fingerprint density at radius 2 is 2.07 bits per heavy atom. The molecule has 0 saturated carbocycles. The van der Waals surface area contributed by atoms with Gasteiger partial charge in [0.15, 0.2) is 0 Å². The van der Waals surface area contributed by atoms with Crippen molar-refractivity contribution in [2.75, 3.05) is 0 Å². The van der Waals surface area contributed by atoms with Crippen LogP contribution in [0.2, 0.25) is 0 Å². The molecule has 84 valence electrons. The largest absolute Gasteiger partial charge is 0.241 e. The SMILES string of the molecule is CCCc1cc(C(C)C(Cl)CC)ncn1.